The van der Waals surface area contributed by atoms with E-state index in [1.165, 1.54) is 7.11 Å². The van der Waals surface area contributed by atoms with E-state index in [2.05, 4.69) is 20.8 Å². The van der Waals surface area contributed by atoms with Crippen LogP contribution >= 0.6 is 0 Å². The first-order valence-corrected chi connectivity index (χ1v) is 9.86. The summed E-state index contributed by atoms with van der Waals surface area (Å²) in [6.07, 6.45) is 0. The van der Waals surface area contributed by atoms with Crippen LogP contribution < -0.4 is 14.2 Å². The Labute approximate surface area is 188 Å². The first-order valence-electron chi connectivity index (χ1n) is 9.86. The molecule has 2 aromatic rings. The topological polar surface area (TPSA) is 54.0 Å². The van der Waals surface area contributed by atoms with Crippen molar-refractivity contribution in [3.05, 3.63) is 54.1 Å². The molecule has 31 heavy (non-hydrogen) atoms. The van der Waals surface area contributed by atoms with Crippen molar-refractivity contribution in [2.75, 3.05) is 20.5 Å². The molecule has 0 saturated heterocycles. The van der Waals surface area contributed by atoms with Crippen molar-refractivity contribution in [2.24, 2.45) is 11.3 Å². The normalized spacial score (nSPS) is 12.5. The molecule has 5 heteroatoms. The van der Waals surface area contributed by atoms with Gasteiger partial charge in [0.05, 0.1) is 19.6 Å². The molecule has 1 aliphatic heterocycles. The van der Waals surface area contributed by atoms with Gasteiger partial charge in [-0.1, -0.05) is 79.8 Å². The summed E-state index contributed by atoms with van der Waals surface area (Å²) in [4.78, 5) is 11.5. The minimum absolute atomic E-state index is 0. The zero-order valence-corrected chi connectivity index (χ0v) is 18.2. The van der Waals surface area contributed by atoms with Crippen LogP contribution in [-0.2, 0) is 9.53 Å². The van der Waals surface area contributed by atoms with Crippen LogP contribution in [0.1, 0.15) is 61.0 Å². The molecule has 0 fully saturated rings. The predicted octanol–water partition coefficient (Wildman–Crippen LogP) is 6.71. The number of benzene rings is 2. The minimum atomic E-state index is -0.161. The van der Waals surface area contributed by atoms with E-state index >= 15 is 0 Å². The van der Waals surface area contributed by atoms with Gasteiger partial charge in [-0.05, 0) is 29.0 Å². The Morgan fingerprint density at radius 1 is 1.00 bits per heavy atom. The van der Waals surface area contributed by atoms with E-state index in [0.29, 0.717) is 13.4 Å². The van der Waals surface area contributed by atoms with Crippen molar-refractivity contribution in [1.29, 1.82) is 0 Å². The smallest absolute Gasteiger partial charge is 0.313 e. The maximum atomic E-state index is 11.5. The summed E-state index contributed by atoms with van der Waals surface area (Å²) in [5, 5.41) is 0. The highest BCUT2D eigenvalue weighted by atomic mass is 16.7. The molecule has 0 aliphatic carbocycles. The summed E-state index contributed by atoms with van der Waals surface area (Å²) >= 11 is 0. The van der Waals surface area contributed by atoms with Crippen LogP contribution in [0.15, 0.2) is 48.5 Å². The van der Waals surface area contributed by atoms with E-state index in [-0.39, 0.29) is 38.1 Å². The Hall–Kier alpha value is -2.69. The molecule has 2 aromatic carbocycles. The number of fused-ring (bicyclic) bond motifs is 1. The lowest BCUT2D eigenvalue weighted by atomic mass is 9.89. The van der Waals surface area contributed by atoms with Crippen LogP contribution in [0.5, 0.6) is 17.2 Å². The maximum Gasteiger partial charge on any atom is 0.313 e. The van der Waals surface area contributed by atoms with E-state index in [9.17, 15) is 4.79 Å². The quantitative estimate of drug-likeness (QED) is 0.491. The SMILES string of the molecule is C.C.CC(C)(C)COc1ccc2c(c1)OCO2.COC(=O)C(c1ccccc1)C(C)C. The van der Waals surface area contributed by atoms with Gasteiger partial charge in [0, 0.05) is 6.07 Å². The lowest BCUT2D eigenvalue weighted by Crippen LogP contribution is -2.19. The van der Waals surface area contributed by atoms with Crippen molar-refractivity contribution in [2.45, 2.75) is 55.4 Å². The van der Waals surface area contributed by atoms with Gasteiger partial charge in [0.25, 0.3) is 0 Å². The maximum absolute atomic E-state index is 11.5. The number of rotatable bonds is 5. The number of esters is 1. The lowest BCUT2D eigenvalue weighted by Gasteiger charge is -2.18. The highest BCUT2D eigenvalue weighted by Gasteiger charge is 2.24. The number of methoxy groups -OCH3 is 1. The highest BCUT2D eigenvalue weighted by Crippen LogP contribution is 2.35. The average Bonchev–Trinajstić information content (AvgIpc) is 3.15. The molecule has 0 saturated carbocycles. The summed E-state index contributed by atoms with van der Waals surface area (Å²) in [6, 6.07) is 15.4. The Morgan fingerprint density at radius 2 is 1.61 bits per heavy atom. The second kappa shape index (κ2) is 12.9. The fourth-order valence-corrected chi connectivity index (χ4v) is 2.85. The third-order valence-electron chi connectivity index (χ3n) is 4.30. The molecule has 0 amide bonds. The molecule has 5 nitrogen and oxygen atoms in total. The minimum Gasteiger partial charge on any atom is -0.493 e. The largest absolute Gasteiger partial charge is 0.493 e. The van der Waals surface area contributed by atoms with Gasteiger partial charge < -0.3 is 18.9 Å². The molecule has 1 heterocycles. The Kier molecular flexibility index (Phi) is 11.8. The van der Waals surface area contributed by atoms with Gasteiger partial charge in [-0.2, -0.15) is 0 Å². The van der Waals surface area contributed by atoms with Crippen LogP contribution in [0, 0.1) is 11.3 Å². The Bertz CT molecular complexity index is 778. The third kappa shape index (κ3) is 8.91. The van der Waals surface area contributed by atoms with Gasteiger partial charge in [-0.15, -0.1) is 0 Å². The van der Waals surface area contributed by atoms with E-state index < -0.39 is 0 Å². The van der Waals surface area contributed by atoms with Crippen LogP contribution in [0.2, 0.25) is 0 Å². The second-order valence-corrected chi connectivity index (χ2v) is 8.52. The average molecular weight is 433 g/mol. The first-order chi connectivity index (χ1) is 13.7. The molecule has 1 aliphatic rings. The van der Waals surface area contributed by atoms with Gasteiger partial charge in [0.15, 0.2) is 11.5 Å². The molecular formula is C26H40O5. The van der Waals surface area contributed by atoms with E-state index in [1.54, 1.807) is 0 Å². The number of carbonyl (C=O) groups is 1. The van der Waals surface area contributed by atoms with Gasteiger partial charge in [0.2, 0.25) is 6.79 Å². The van der Waals surface area contributed by atoms with Crippen molar-refractivity contribution < 1.29 is 23.7 Å². The highest BCUT2D eigenvalue weighted by molar-refractivity contribution is 5.78. The zero-order valence-electron chi connectivity index (χ0n) is 18.2. The van der Waals surface area contributed by atoms with Crippen LogP contribution in [0.25, 0.3) is 0 Å². The molecule has 0 bridgehead atoms. The fourth-order valence-electron chi connectivity index (χ4n) is 2.85. The number of hydrogen-bond acceptors (Lipinski definition) is 5. The van der Waals surface area contributed by atoms with Crippen molar-refractivity contribution in [1.82, 2.24) is 0 Å². The molecule has 1 unspecified atom stereocenters. The van der Waals surface area contributed by atoms with Gasteiger partial charge in [0.1, 0.15) is 5.75 Å². The molecule has 0 spiro atoms. The van der Waals surface area contributed by atoms with E-state index in [0.717, 1.165) is 22.8 Å². The standard InChI is InChI=1S/C12H16O3.C12H16O2.2CH4/c1-12(2,3)7-13-9-4-5-10-11(6-9)15-8-14-10;1-9(2)11(12(13)14-3)10-7-5-4-6-8-10;;/h4-6H,7-8H2,1-3H3;4-9,11H,1-3H3;2*1H4. The van der Waals surface area contributed by atoms with Crippen LogP contribution in [0.3, 0.4) is 0 Å². The molecule has 3 rings (SSSR count). The molecule has 174 valence electrons. The van der Waals surface area contributed by atoms with Gasteiger partial charge >= 0.3 is 5.97 Å². The number of carbonyl (C=O) groups excluding carboxylic acids is 1. The van der Waals surface area contributed by atoms with E-state index in [1.807, 2.05) is 62.4 Å². The Morgan fingerprint density at radius 3 is 2.16 bits per heavy atom. The lowest BCUT2D eigenvalue weighted by molar-refractivity contribution is -0.143. The molecular weight excluding hydrogens is 392 g/mol. The van der Waals surface area contributed by atoms with Gasteiger partial charge in [-0.25, -0.2) is 0 Å². The summed E-state index contributed by atoms with van der Waals surface area (Å²) in [7, 11) is 1.43. The zero-order chi connectivity index (χ0) is 21.4. The van der Waals surface area contributed by atoms with Crippen molar-refractivity contribution >= 4 is 5.97 Å². The summed E-state index contributed by atoms with van der Waals surface area (Å²) < 4.78 is 20.9. The van der Waals surface area contributed by atoms with Gasteiger partial charge in [-0.3, -0.25) is 4.79 Å². The first kappa shape index (κ1) is 28.3. The summed E-state index contributed by atoms with van der Waals surface area (Å²) in [5.41, 5.74) is 1.19. The Balaban J connectivity index is 0.000000547. The number of hydrogen-bond donors (Lipinski definition) is 0. The molecule has 0 aromatic heterocycles. The van der Waals surface area contributed by atoms with Crippen LogP contribution in [0.4, 0.5) is 0 Å². The molecule has 0 radical (unpaired) electrons. The molecule has 0 N–H and O–H groups in total. The second-order valence-electron chi connectivity index (χ2n) is 8.52. The molecule has 1 atom stereocenters. The predicted molar refractivity (Wildman–Crippen MR) is 127 cm³/mol. The monoisotopic (exact) mass is 432 g/mol. The van der Waals surface area contributed by atoms with Crippen molar-refractivity contribution in [3.63, 3.8) is 0 Å². The summed E-state index contributed by atoms with van der Waals surface area (Å²) in [6.45, 7) is 11.5. The fraction of sp³-hybridized carbons (Fsp3) is 0.500. The summed E-state index contributed by atoms with van der Waals surface area (Å²) in [5.74, 6) is 2.32. The third-order valence-corrected chi connectivity index (χ3v) is 4.30. The number of ether oxygens (including phenoxy) is 4. The van der Waals surface area contributed by atoms with E-state index in [4.69, 9.17) is 18.9 Å². The van der Waals surface area contributed by atoms with Crippen molar-refractivity contribution in [3.8, 4) is 17.2 Å². The van der Waals surface area contributed by atoms with Crippen LogP contribution in [-0.4, -0.2) is 26.5 Å².